The number of hydrogen-bond acceptors (Lipinski definition) is 3. The topological polar surface area (TPSA) is 67.1 Å². The fourth-order valence-electron chi connectivity index (χ4n) is 3.00. The molecule has 0 saturated heterocycles. The van der Waals surface area contributed by atoms with Crippen LogP contribution in [0.1, 0.15) is 45.0 Å². The minimum Gasteiger partial charge on any atom is -0.357 e. The van der Waals surface area contributed by atoms with Crippen molar-refractivity contribution in [1.29, 1.82) is 0 Å². The van der Waals surface area contributed by atoms with Crippen molar-refractivity contribution in [2.75, 3.05) is 13.1 Å². The lowest BCUT2D eigenvalue weighted by molar-refractivity contribution is 0.389. The largest absolute Gasteiger partial charge is 0.357 e. The first-order valence-corrected chi connectivity index (χ1v) is 9.05. The van der Waals surface area contributed by atoms with Crippen LogP contribution in [-0.2, 0) is 19.0 Å². The molecule has 0 unspecified atom stereocenters. The van der Waals surface area contributed by atoms with Gasteiger partial charge >= 0.3 is 0 Å². The summed E-state index contributed by atoms with van der Waals surface area (Å²) in [6.07, 6.45) is 3.84. The fraction of sp³-hybridized carbons (Fsp3) is 0.526. The fourth-order valence-corrected chi connectivity index (χ4v) is 3.00. The van der Waals surface area contributed by atoms with Crippen molar-refractivity contribution >= 4 is 5.96 Å². The Balaban J connectivity index is 2.11. The van der Waals surface area contributed by atoms with Crippen LogP contribution < -0.4 is 10.6 Å². The molecule has 0 bridgehead atoms. The zero-order valence-electron chi connectivity index (χ0n) is 15.8. The lowest BCUT2D eigenvalue weighted by atomic mass is 9.76. The van der Waals surface area contributed by atoms with E-state index in [1.54, 1.807) is 6.33 Å². The molecule has 25 heavy (non-hydrogen) atoms. The van der Waals surface area contributed by atoms with Crippen molar-refractivity contribution < 1.29 is 0 Å². The molecule has 0 saturated carbocycles. The standard InChI is InChI=1S/C19H30N6/c1-5-19(6-2,16-11-9-8-10-12-16)14-22-18(20-7-3)21-13-17-24-23-15-25(17)4/h8-12,15H,5-7,13-14H2,1-4H3,(H2,20,21,22). The van der Waals surface area contributed by atoms with Gasteiger partial charge in [-0.2, -0.15) is 0 Å². The molecule has 0 aliphatic heterocycles. The average Bonchev–Trinajstić information content (AvgIpc) is 3.06. The van der Waals surface area contributed by atoms with Crippen LogP contribution in [-0.4, -0.2) is 33.8 Å². The highest BCUT2D eigenvalue weighted by atomic mass is 15.3. The molecule has 1 aromatic heterocycles. The Hall–Kier alpha value is -2.37. The summed E-state index contributed by atoms with van der Waals surface area (Å²) in [4.78, 5) is 4.65. The van der Waals surface area contributed by atoms with Crippen molar-refractivity contribution in [2.24, 2.45) is 12.0 Å². The normalized spacial score (nSPS) is 12.2. The number of aryl methyl sites for hydroxylation is 1. The van der Waals surface area contributed by atoms with E-state index in [9.17, 15) is 0 Å². The third kappa shape index (κ3) is 4.81. The summed E-state index contributed by atoms with van der Waals surface area (Å²) < 4.78 is 1.89. The number of nitrogens with zero attached hydrogens (tertiary/aromatic N) is 4. The molecule has 0 spiro atoms. The Labute approximate surface area is 150 Å². The molecule has 0 aliphatic carbocycles. The number of aromatic nitrogens is 3. The Morgan fingerprint density at radius 3 is 2.40 bits per heavy atom. The monoisotopic (exact) mass is 342 g/mol. The van der Waals surface area contributed by atoms with Crippen LogP contribution in [0.2, 0.25) is 0 Å². The molecule has 1 aromatic carbocycles. The number of benzene rings is 1. The Kier molecular flexibility index (Phi) is 6.98. The molecule has 0 amide bonds. The van der Waals surface area contributed by atoms with Crippen LogP contribution in [0.25, 0.3) is 0 Å². The van der Waals surface area contributed by atoms with Gasteiger partial charge in [0, 0.05) is 25.6 Å². The Bertz CT molecular complexity index is 658. The number of nitrogens with one attached hydrogen (secondary N) is 2. The summed E-state index contributed by atoms with van der Waals surface area (Å²) in [5.74, 6) is 1.66. The lowest BCUT2D eigenvalue weighted by Crippen LogP contribution is -2.45. The van der Waals surface area contributed by atoms with E-state index in [4.69, 9.17) is 0 Å². The molecule has 2 aromatic rings. The average molecular weight is 342 g/mol. The van der Waals surface area contributed by atoms with Gasteiger partial charge in [0.1, 0.15) is 12.9 Å². The molecular weight excluding hydrogens is 312 g/mol. The first-order chi connectivity index (χ1) is 12.1. The molecule has 0 atom stereocenters. The minimum atomic E-state index is 0.0994. The van der Waals surface area contributed by atoms with Crippen molar-refractivity contribution in [3.05, 3.63) is 48.0 Å². The quantitative estimate of drug-likeness (QED) is 0.572. The van der Waals surface area contributed by atoms with E-state index in [1.807, 2.05) is 11.6 Å². The maximum atomic E-state index is 4.65. The summed E-state index contributed by atoms with van der Waals surface area (Å²) in [5, 5.41) is 14.8. The zero-order chi connectivity index (χ0) is 18.1. The van der Waals surface area contributed by atoms with Crippen molar-refractivity contribution in [2.45, 2.75) is 45.6 Å². The first kappa shape index (κ1) is 19.0. The summed E-state index contributed by atoms with van der Waals surface area (Å²) in [5.41, 5.74) is 1.47. The number of guanidine groups is 1. The van der Waals surface area contributed by atoms with Crippen molar-refractivity contribution in [3.63, 3.8) is 0 Å². The summed E-state index contributed by atoms with van der Waals surface area (Å²) in [6, 6.07) is 10.7. The molecule has 2 rings (SSSR count). The highest BCUT2D eigenvalue weighted by Crippen LogP contribution is 2.30. The molecule has 0 fully saturated rings. The van der Waals surface area contributed by atoms with Gasteiger partial charge in [-0.1, -0.05) is 44.2 Å². The third-order valence-electron chi connectivity index (χ3n) is 4.86. The highest BCUT2D eigenvalue weighted by molar-refractivity contribution is 5.79. The smallest absolute Gasteiger partial charge is 0.191 e. The van der Waals surface area contributed by atoms with Gasteiger partial charge in [0.2, 0.25) is 0 Å². The van der Waals surface area contributed by atoms with Gasteiger partial charge in [0.25, 0.3) is 0 Å². The number of hydrogen-bond donors (Lipinski definition) is 2. The molecule has 6 heteroatoms. The number of aliphatic imine (C=N–C) groups is 1. The molecule has 0 aliphatic rings. The van der Waals surface area contributed by atoms with E-state index >= 15 is 0 Å². The lowest BCUT2D eigenvalue weighted by Gasteiger charge is -2.33. The van der Waals surface area contributed by atoms with Crippen LogP contribution in [0.4, 0.5) is 0 Å². The Morgan fingerprint density at radius 2 is 1.84 bits per heavy atom. The zero-order valence-corrected chi connectivity index (χ0v) is 15.8. The molecule has 0 radical (unpaired) electrons. The second kappa shape index (κ2) is 9.20. The van der Waals surface area contributed by atoms with Gasteiger partial charge in [0.05, 0.1) is 0 Å². The maximum absolute atomic E-state index is 4.65. The van der Waals surface area contributed by atoms with Gasteiger partial charge in [-0.15, -0.1) is 10.2 Å². The van der Waals surface area contributed by atoms with E-state index in [-0.39, 0.29) is 5.41 Å². The van der Waals surface area contributed by atoms with Gasteiger partial charge < -0.3 is 15.2 Å². The number of rotatable bonds is 8. The van der Waals surface area contributed by atoms with Gasteiger partial charge in [0.15, 0.2) is 11.8 Å². The molecular formula is C19H30N6. The predicted molar refractivity (Wildman–Crippen MR) is 103 cm³/mol. The SMILES string of the molecule is CCNC(=NCc1nncn1C)NCC(CC)(CC)c1ccccc1. The van der Waals surface area contributed by atoms with E-state index in [2.05, 4.69) is 76.9 Å². The summed E-state index contributed by atoms with van der Waals surface area (Å²) in [6.45, 7) is 8.74. The molecule has 2 N–H and O–H groups in total. The summed E-state index contributed by atoms with van der Waals surface area (Å²) >= 11 is 0. The minimum absolute atomic E-state index is 0.0994. The highest BCUT2D eigenvalue weighted by Gasteiger charge is 2.28. The van der Waals surface area contributed by atoms with Crippen molar-refractivity contribution in [1.82, 2.24) is 25.4 Å². The van der Waals surface area contributed by atoms with Gasteiger partial charge in [-0.3, -0.25) is 0 Å². The van der Waals surface area contributed by atoms with Gasteiger partial charge in [-0.25, -0.2) is 4.99 Å². The predicted octanol–water partition coefficient (Wildman–Crippen LogP) is 2.63. The van der Waals surface area contributed by atoms with Gasteiger partial charge in [-0.05, 0) is 25.3 Å². The maximum Gasteiger partial charge on any atom is 0.191 e. The van der Waals surface area contributed by atoms with Crippen molar-refractivity contribution in [3.8, 4) is 0 Å². The molecule has 6 nitrogen and oxygen atoms in total. The second-order valence-electron chi connectivity index (χ2n) is 6.26. The van der Waals surface area contributed by atoms with E-state index < -0.39 is 0 Å². The van der Waals surface area contributed by atoms with E-state index in [0.29, 0.717) is 6.54 Å². The van der Waals surface area contributed by atoms with Crippen LogP contribution in [0.15, 0.2) is 41.7 Å². The Morgan fingerprint density at radius 1 is 1.12 bits per heavy atom. The van der Waals surface area contributed by atoms with Crippen LogP contribution >= 0.6 is 0 Å². The third-order valence-corrected chi connectivity index (χ3v) is 4.86. The van der Waals surface area contributed by atoms with E-state index in [0.717, 1.165) is 37.7 Å². The van der Waals surface area contributed by atoms with Crippen LogP contribution in [0.5, 0.6) is 0 Å². The molecule has 1 heterocycles. The van der Waals surface area contributed by atoms with Crippen LogP contribution in [0, 0.1) is 0 Å². The van der Waals surface area contributed by atoms with Crippen LogP contribution in [0.3, 0.4) is 0 Å². The molecule has 136 valence electrons. The summed E-state index contributed by atoms with van der Waals surface area (Å²) in [7, 11) is 1.93. The van der Waals surface area contributed by atoms with E-state index in [1.165, 1.54) is 5.56 Å². The second-order valence-corrected chi connectivity index (χ2v) is 6.26. The first-order valence-electron chi connectivity index (χ1n) is 9.05.